The summed E-state index contributed by atoms with van der Waals surface area (Å²) < 4.78 is 10.2. The van der Waals surface area contributed by atoms with Crippen LogP contribution in [0.15, 0.2) is 23.2 Å². The van der Waals surface area contributed by atoms with Gasteiger partial charge in [-0.05, 0) is 12.1 Å². The van der Waals surface area contributed by atoms with E-state index in [1.165, 1.54) is 13.2 Å². The first-order valence-electron chi connectivity index (χ1n) is 4.72. The Bertz CT molecular complexity index is 456. The van der Waals surface area contributed by atoms with Crippen molar-refractivity contribution in [1.29, 1.82) is 0 Å². The summed E-state index contributed by atoms with van der Waals surface area (Å²) >= 11 is 0. The van der Waals surface area contributed by atoms with Gasteiger partial charge in [-0.3, -0.25) is 10.1 Å². The van der Waals surface area contributed by atoms with Crippen LogP contribution < -0.4 is 4.74 Å². The van der Waals surface area contributed by atoms with Gasteiger partial charge in [0.2, 0.25) is 5.90 Å². The molecular weight excluding hydrogens is 212 g/mol. The molecule has 2 rings (SSSR count). The lowest BCUT2D eigenvalue weighted by Crippen LogP contribution is -2.02. The van der Waals surface area contributed by atoms with Crippen molar-refractivity contribution >= 4 is 11.6 Å². The van der Waals surface area contributed by atoms with Crippen LogP contribution in [0.5, 0.6) is 5.75 Å². The Labute approximate surface area is 91.7 Å². The maximum atomic E-state index is 10.7. The van der Waals surface area contributed by atoms with Crippen molar-refractivity contribution in [2.75, 3.05) is 20.3 Å². The zero-order valence-electron chi connectivity index (χ0n) is 8.67. The molecule has 1 aliphatic rings. The highest BCUT2D eigenvalue weighted by atomic mass is 16.6. The van der Waals surface area contributed by atoms with Crippen LogP contribution >= 0.6 is 0 Å². The minimum atomic E-state index is -0.486. The number of rotatable bonds is 3. The van der Waals surface area contributed by atoms with Crippen LogP contribution in [-0.4, -0.2) is 31.1 Å². The van der Waals surface area contributed by atoms with Crippen LogP contribution in [0.2, 0.25) is 0 Å². The quantitative estimate of drug-likeness (QED) is 0.572. The van der Waals surface area contributed by atoms with Crippen molar-refractivity contribution < 1.29 is 14.4 Å². The van der Waals surface area contributed by atoms with E-state index in [1.807, 2.05) is 0 Å². The van der Waals surface area contributed by atoms with Crippen LogP contribution in [0, 0.1) is 10.1 Å². The molecule has 1 aliphatic heterocycles. The summed E-state index contributed by atoms with van der Waals surface area (Å²) in [5.74, 6) is 0.717. The summed E-state index contributed by atoms with van der Waals surface area (Å²) in [6.07, 6.45) is 0. The van der Waals surface area contributed by atoms with Crippen LogP contribution in [-0.2, 0) is 4.74 Å². The lowest BCUT2D eigenvalue weighted by atomic mass is 10.2. The predicted molar refractivity (Wildman–Crippen MR) is 57.0 cm³/mol. The highest BCUT2D eigenvalue weighted by Gasteiger charge is 2.18. The topological polar surface area (TPSA) is 74.0 Å². The van der Waals surface area contributed by atoms with Gasteiger partial charge in [-0.15, -0.1) is 0 Å². The maximum absolute atomic E-state index is 10.7. The van der Waals surface area contributed by atoms with Gasteiger partial charge in [-0.2, -0.15) is 0 Å². The van der Waals surface area contributed by atoms with Crippen molar-refractivity contribution in [2.24, 2.45) is 4.99 Å². The van der Waals surface area contributed by atoms with E-state index in [2.05, 4.69) is 4.99 Å². The number of nitro benzene ring substituents is 1. The molecule has 1 heterocycles. The number of hydrogen-bond acceptors (Lipinski definition) is 5. The number of nitrogens with zero attached hydrogens (tertiary/aromatic N) is 2. The van der Waals surface area contributed by atoms with E-state index in [4.69, 9.17) is 9.47 Å². The number of hydrogen-bond donors (Lipinski definition) is 0. The summed E-state index contributed by atoms with van der Waals surface area (Å²) in [5, 5.41) is 10.7. The van der Waals surface area contributed by atoms with Gasteiger partial charge in [0.1, 0.15) is 6.61 Å². The third-order valence-electron chi connectivity index (χ3n) is 2.21. The molecule has 0 bridgehead atoms. The molecule has 0 amide bonds. The third-order valence-corrected chi connectivity index (χ3v) is 2.21. The minimum Gasteiger partial charge on any atom is -0.490 e. The maximum Gasteiger partial charge on any atom is 0.310 e. The fourth-order valence-electron chi connectivity index (χ4n) is 1.47. The first-order valence-corrected chi connectivity index (χ1v) is 4.72. The standard InChI is InChI=1S/C10H10N2O4/c1-15-9-6-7(10-11-4-5-16-10)2-3-8(9)12(13)14/h2-3,6H,4-5H2,1H3. The Balaban J connectivity index is 2.40. The number of nitro groups is 1. The lowest BCUT2D eigenvalue weighted by molar-refractivity contribution is -0.385. The molecule has 0 N–H and O–H groups in total. The summed E-state index contributed by atoms with van der Waals surface area (Å²) in [4.78, 5) is 14.3. The zero-order valence-corrected chi connectivity index (χ0v) is 8.67. The molecule has 0 radical (unpaired) electrons. The fraction of sp³-hybridized carbons (Fsp3) is 0.300. The monoisotopic (exact) mass is 222 g/mol. The fourth-order valence-corrected chi connectivity index (χ4v) is 1.47. The van der Waals surface area contributed by atoms with Crippen molar-refractivity contribution in [3.8, 4) is 5.75 Å². The summed E-state index contributed by atoms with van der Waals surface area (Å²) in [7, 11) is 1.39. The summed E-state index contributed by atoms with van der Waals surface area (Å²) in [6, 6.07) is 4.55. The van der Waals surface area contributed by atoms with Crippen molar-refractivity contribution in [1.82, 2.24) is 0 Å². The van der Waals surface area contributed by atoms with Gasteiger partial charge >= 0.3 is 5.69 Å². The highest BCUT2D eigenvalue weighted by Crippen LogP contribution is 2.28. The molecule has 1 aromatic rings. The molecule has 84 valence electrons. The molecular formula is C10H10N2O4. The second-order valence-electron chi connectivity index (χ2n) is 3.18. The Kier molecular flexibility index (Phi) is 2.72. The normalized spacial score (nSPS) is 14.2. The van der Waals surface area contributed by atoms with Gasteiger partial charge in [0, 0.05) is 11.6 Å². The third kappa shape index (κ3) is 1.81. The van der Waals surface area contributed by atoms with Gasteiger partial charge < -0.3 is 9.47 Å². The molecule has 0 spiro atoms. The van der Waals surface area contributed by atoms with Crippen LogP contribution in [0.4, 0.5) is 5.69 Å². The Morgan fingerprint density at radius 1 is 1.56 bits per heavy atom. The zero-order chi connectivity index (χ0) is 11.5. The first kappa shape index (κ1) is 10.4. The van der Waals surface area contributed by atoms with Gasteiger partial charge in [-0.25, -0.2) is 4.99 Å². The number of ether oxygens (including phenoxy) is 2. The molecule has 0 atom stereocenters. The van der Waals surface area contributed by atoms with Gasteiger partial charge in [0.15, 0.2) is 5.75 Å². The van der Waals surface area contributed by atoms with E-state index in [0.717, 1.165) is 0 Å². The van der Waals surface area contributed by atoms with Crippen LogP contribution in [0.25, 0.3) is 0 Å². The molecule has 0 aliphatic carbocycles. The summed E-state index contributed by atoms with van der Waals surface area (Å²) in [6.45, 7) is 1.17. The van der Waals surface area contributed by atoms with Gasteiger partial charge in [0.05, 0.1) is 18.6 Å². The van der Waals surface area contributed by atoms with E-state index in [0.29, 0.717) is 24.6 Å². The van der Waals surface area contributed by atoms with E-state index in [-0.39, 0.29) is 11.4 Å². The molecule has 16 heavy (non-hydrogen) atoms. The average molecular weight is 222 g/mol. The highest BCUT2D eigenvalue weighted by molar-refractivity contribution is 5.95. The second kappa shape index (κ2) is 4.18. The van der Waals surface area contributed by atoms with Gasteiger partial charge in [0.25, 0.3) is 0 Å². The smallest absolute Gasteiger partial charge is 0.310 e. The number of methoxy groups -OCH3 is 1. The number of aliphatic imine (C=N–C) groups is 1. The van der Waals surface area contributed by atoms with Crippen molar-refractivity contribution in [2.45, 2.75) is 0 Å². The number of benzene rings is 1. The molecule has 0 aromatic heterocycles. The molecule has 6 heteroatoms. The van der Waals surface area contributed by atoms with Gasteiger partial charge in [-0.1, -0.05) is 0 Å². The molecule has 0 unspecified atom stereocenters. The van der Waals surface area contributed by atoms with E-state index >= 15 is 0 Å². The van der Waals surface area contributed by atoms with Crippen LogP contribution in [0.3, 0.4) is 0 Å². The van der Waals surface area contributed by atoms with E-state index in [9.17, 15) is 10.1 Å². The molecule has 0 saturated heterocycles. The summed E-state index contributed by atoms with van der Waals surface area (Å²) in [5.41, 5.74) is 0.629. The largest absolute Gasteiger partial charge is 0.490 e. The molecule has 0 saturated carbocycles. The predicted octanol–water partition coefficient (Wildman–Crippen LogP) is 1.38. The van der Waals surface area contributed by atoms with Crippen molar-refractivity contribution in [3.63, 3.8) is 0 Å². The Morgan fingerprint density at radius 2 is 2.38 bits per heavy atom. The first-order chi connectivity index (χ1) is 7.72. The Morgan fingerprint density at radius 3 is 2.94 bits per heavy atom. The molecule has 1 aromatic carbocycles. The van der Waals surface area contributed by atoms with Crippen molar-refractivity contribution in [3.05, 3.63) is 33.9 Å². The van der Waals surface area contributed by atoms with E-state index in [1.54, 1.807) is 12.1 Å². The van der Waals surface area contributed by atoms with Crippen LogP contribution in [0.1, 0.15) is 5.56 Å². The average Bonchev–Trinajstić information content (AvgIpc) is 2.81. The molecule has 6 nitrogen and oxygen atoms in total. The SMILES string of the molecule is COc1cc(C2=NCCO2)ccc1[N+](=O)[O-]. The minimum absolute atomic E-state index is 0.0650. The second-order valence-corrected chi connectivity index (χ2v) is 3.18. The van der Waals surface area contributed by atoms with E-state index < -0.39 is 4.92 Å². The lowest BCUT2D eigenvalue weighted by Gasteiger charge is -2.05. The Hall–Kier alpha value is -2.11. The molecule has 0 fully saturated rings.